The highest BCUT2D eigenvalue weighted by Crippen LogP contribution is 2.12. The van der Waals surface area contributed by atoms with E-state index in [1.807, 2.05) is 18.2 Å². The zero-order valence-corrected chi connectivity index (χ0v) is 15.7. The van der Waals surface area contributed by atoms with Crippen LogP contribution >= 0.6 is 0 Å². The minimum Gasteiger partial charge on any atom is -0.497 e. The van der Waals surface area contributed by atoms with E-state index in [2.05, 4.69) is 0 Å². The maximum atomic E-state index is 12.1. The first-order valence-electron chi connectivity index (χ1n) is 8.55. The molecular weight excluding hydrogens is 366 g/mol. The highest BCUT2D eigenvalue weighted by molar-refractivity contribution is 5.76. The minimum absolute atomic E-state index is 0.0150. The van der Waals surface area contributed by atoms with E-state index >= 15 is 0 Å². The number of aliphatic hydroxyl groups excluding tert-OH is 1. The van der Waals surface area contributed by atoms with Crippen molar-refractivity contribution in [3.8, 4) is 5.75 Å². The van der Waals surface area contributed by atoms with Crippen LogP contribution in [-0.4, -0.2) is 49.1 Å². The molecule has 8 heteroatoms. The van der Waals surface area contributed by atoms with E-state index in [-0.39, 0.29) is 13.2 Å². The van der Waals surface area contributed by atoms with Crippen LogP contribution in [0.3, 0.4) is 0 Å². The maximum Gasteiger partial charge on any atom is 0.528 e. The van der Waals surface area contributed by atoms with Crippen LogP contribution in [0, 0.1) is 0 Å². The molecule has 2 aromatic rings. The molecule has 0 saturated heterocycles. The quantitative estimate of drug-likeness (QED) is 0.516. The summed E-state index contributed by atoms with van der Waals surface area (Å²) in [6.07, 6.45) is -1.01. The van der Waals surface area contributed by atoms with Gasteiger partial charge >= 0.3 is 12.1 Å². The lowest BCUT2D eigenvalue weighted by atomic mass is 10.2. The average Bonchev–Trinajstić information content (AvgIpc) is 2.72. The number of hydroxylamine groups is 2. The number of hydrogen-bond donors (Lipinski definition) is 1. The van der Waals surface area contributed by atoms with Crippen molar-refractivity contribution in [3.05, 3.63) is 65.7 Å². The minimum atomic E-state index is -1.17. The molecule has 0 saturated carbocycles. The molecule has 0 aliphatic heterocycles. The van der Waals surface area contributed by atoms with E-state index in [1.165, 1.54) is 7.05 Å². The molecule has 0 amide bonds. The third kappa shape index (κ3) is 6.57. The lowest BCUT2D eigenvalue weighted by Gasteiger charge is -2.23. The van der Waals surface area contributed by atoms with E-state index < -0.39 is 24.8 Å². The Kier molecular flexibility index (Phi) is 8.26. The SMILES string of the molecule is COc1ccc(COC(=O)ON(C)[C@H](CO)C(=O)OCc2ccccc2)cc1. The van der Waals surface area contributed by atoms with Crippen molar-refractivity contribution in [1.82, 2.24) is 5.06 Å². The lowest BCUT2D eigenvalue weighted by molar-refractivity contribution is -0.180. The van der Waals surface area contributed by atoms with Crippen LogP contribution in [0.5, 0.6) is 5.75 Å². The monoisotopic (exact) mass is 389 g/mol. The summed E-state index contributed by atoms with van der Waals surface area (Å²) in [6, 6.07) is 14.9. The molecule has 0 spiro atoms. The first-order valence-corrected chi connectivity index (χ1v) is 8.55. The highest BCUT2D eigenvalue weighted by Gasteiger charge is 2.27. The van der Waals surface area contributed by atoms with E-state index in [4.69, 9.17) is 19.0 Å². The summed E-state index contributed by atoms with van der Waals surface area (Å²) >= 11 is 0. The molecule has 0 aliphatic carbocycles. The summed E-state index contributed by atoms with van der Waals surface area (Å²) in [5, 5.41) is 10.4. The highest BCUT2D eigenvalue weighted by atomic mass is 16.8. The summed E-state index contributed by atoms with van der Waals surface area (Å²) < 4.78 is 15.2. The third-order valence-electron chi connectivity index (χ3n) is 3.84. The van der Waals surface area contributed by atoms with Crippen LogP contribution in [0.15, 0.2) is 54.6 Å². The number of likely N-dealkylation sites (N-methyl/N-ethyl adjacent to an activating group) is 1. The van der Waals surface area contributed by atoms with Crippen molar-refractivity contribution in [1.29, 1.82) is 0 Å². The van der Waals surface area contributed by atoms with Crippen molar-refractivity contribution >= 4 is 12.1 Å². The number of benzene rings is 2. The Bertz CT molecular complexity index is 749. The van der Waals surface area contributed by atoms with E-state index in [9.17, 15) is 14.7 Å². The fourth-order valence-electron chi connectivity index (χ4n) is 2.23. The zero-order valence-electron chi connectivity index (χ0n) is 15.7. The lowest BCUT2D eigenvalue weighted by Crippen LogP contribution is -2.43. The fraction of sp³-hybridized carbons (Fsp3) is 0.300. The zero-order chi connectivity index (χ0) is 20.4. The van der Waals surface area contributed by atoms with Gasteiger partial charge in [0.15, 0.2) is 6.04 Å². The summed E-state index contributed by atoms with van der Waals surface area (Å²) in [4.78, 5) is 28.9. The number of esters is 1. The van der Waals surface area contributed by atoms with Gasteiger partial charge < -0.3 is 24.2 Å². The average molecular weight is 389 g/mol. The second kappa shape index (κ2) is 10.9. The Labute approximate surface area is 163 Å². The van der Waals surface area contributed by atoms with E-state index in [1.54, 1.807) is 43.5 Å². The Morgan fingerprint density at radius 1 is 0.964 bits per heavy atom. The Balaban J connectivity index is 1.79. The molecule has 28 heavy (non-hydrogen) atoms. The fourth-order valence-corrected chi connectivity index (χ4v) is 2.23. The Morgan fingerprint density at radius 3 is 2.18 bits per heavy atom. The number of rotatable bonds is 9. The van der Waals surface area contributed by atoms with Gasteiger partial charge in [0.2, 0.25) is 0 Å². The normalized spacial score (nSPS) is 11.6. The number of aliphatic hydroxyl groups is 1. The molecular formula is C20H23NO7. The molecule has 1 atom stereocenters. The van der Waals surface area contributed by atoms with Gasteiger partial charge in [0.25, 0.3) is 0 Å². The molecule has 1 N–H and O–H groups in total. The first-order chi connectivity index (χ1) is 13.5. The second-order valence-corrected chi connectivity index (χ2v) is 5.82. The number of carbonyl (C=O) groups excluding carboxylic acids is 2. The van der Waals surface area contributed by atoms with Crippen molar-refractivity contribution < 1.29 is 33.7 Å². The molecule has 0 aliphatic rings. The van der Waals surface area contributed by atoms with Gasteiger partial charge in [-0.25, -0.2) is 4.79 Å². The second-order valence-electron chi connectivity index (χ2n) is 5.82. The van der Waals surface area contributed by atoms with Crippen molar-refractivity contribution in [2.45, 2.75) is 19.3 Å². The molecule has 0 aromatic heterocycles. The van der Waals surface area contributed by atoms with Gasteiger partial charge in [0.05, 0.1) is 13.7 Å². The van der Waals surface area contributed by atoms with Crippen LogP contribution in [-0.2, 0) is 32.3 Å². The van der Waals surface area contributed by atoms with Crippen LogP contribution in [0.2, 0.25) is 0 Å². The smallest absolute Gasteiger partial charge is 0.497 e. The predicted molar refractivity (Wildman–Crippen MR) is 99.1 cm³/mol. The van der Waals surface area contributed by atoms with Crippen LogP contribution in [0.1, 0.15) is 11.1 Å². The number of ether oxygens (including phenoxy) is 3. The number of nitrogens with zero attached hydrogens (tertiary/aromatic N) is 1. The van der Waals surface area contributed by atoms with E-state index in [0.717, 1.165) is 16.2 Å². The van der Waals surface area contributed by atoms with Crippen molar-refractivity contribution in [2.24, 2.45) is 0 Å². The van der Waals surface area contributed by atoms with Crippen LogP contribution in [0.25, 0.3) is 0 Å². The van der Waals surface area contributed by atoms with Gasteiger partial charge in [-0.3, -0.25) is 4.79 Å². The molecule has 0 unspecified atom stereocenters. The van der Waals surface area contributed by atoms with Gasteiger partial charge in [0, 0.05) is 7.05 Å². The van der Waals surface area contributed by atoms with Gasteiger partial charge in [-0.2, -0.15) is 0 Å². The van der Waals surface area contributed by atoms with Gasteiger partial charge in [-0.1, -0.05) is 42.5 Å². The van der Waals surface area contributed by atoms with Crippen molar-refractivity contribution in [3.63, 3.8) is 0 Å². The van der Waals surface area contributed by atoms with E-state index in [0.29, 0.717) is 5.75 Å². The van der Waals surface area contributed by atoms with Crippen LogP contribution < -0.4 is 4.74 Å². The topological polar surface area (TPSA) is 94.5 Å². The molecule has 0 bridgehead atoms. The third-order valence-corrected chi connectivity index (χ3v) is 3.84. The van der Waals surface area contributed by atoms with Gasteiger partial charge in [-0.05, 0) is 23.3 Å². The maximum absolute atomic E-state index is 12.1. The molecule has 8 nitrogen and oxygen atoms in total. The molecule has 150 valence electrons. The largest absolute Gasteiger partial charge is 0.528 e. The number of hydrogen-bond acceptors (Lipinski definition) is 8. The Hall–Kier alpha value is -3.10. The van der Waals surface area contributed by atoms with Crippen molar-refractivity contribution in [2.75, 3.05) is 20.8 Å². The molecule has 0 fully saturated rings. The molecule has 0 radical (unpaired) electrons. The molecule has 0 heterocycles. The summed E-state index contributed by atoms with van der Waals surface area (Å²) in [5.74, 6) is -0.0392. The standard InChI is InChI=1S/C20H23NO7/c1-21(18(12-22)19(23)26-13-15-6-4-3-5-7-15)28-20(24)27-14-16-8-10-17(25-2)11-9-16/h3-11,18,22H,12-14H2,1-2H3/t18-/m1/s1. The Morgan fingerprint density at radius 2 is 1.57 bits per heavy atom. The first kappa shape index (κ1) is 21.2. The number of carbonyl (C=O) groups is 2. The molecule has 2 rings (SSSR count). The predicted octanol–water partition coefficient (Wildman–Crippen LogP) is 2.30. The van der Waals surface area contributed by atoms with Gasteiger partial charge in [0.1, 0.15) is 19.0 Å². The summed E-state index contributed by atoms with van der Waals surface area (Å²) in [5.41, 5.74) is 1.54. The summed E-state index contributed by atoms with van der Waals surface area (Å²) in [7, 11) is 2.89. The summed E-state index contributed by atoms with van der Waals surface area (Å²) in [6.45, 7) is -0.555. The van der Waals surface area contributed by atoms with Crippen LogP contribution in [0.4, 0.5) is 4.79 Å². The number of methoxy groups -OCH3 is 1. The van der Waals surface area contributed by atoms with Gasteiger partial charge in [-0.15, -0.1) is 5.06 Å². The molecule has 2 aromatic carbocycles.